The zero-order valence-electron chi connectivity index (χ0n) is 10.9. The Morgan fingerprint density at radius 2 is 1.76 bits per heavy atom. The number of alkyl halides is 1. The van der Waals surface area contributed by atoms with E-state index in [0.29, 0.717) is 12.1 Å². The van der Waals surface area contributed by atoms with E-state index in [1.807, 2.05) is 0 Å². The predicted molar refractivity (Wildman–Crippen MR) is 67.1 cm³/mol. The Hall–Kier alpha value is -1.32. The molecule has 9 heteroatoms. The molecule has 0 aliphatic carbocycles. The Morgan fingerprint density at radius 3 is 2.24 bits per heavy atom. The van der Waals surface area contributed by atoms with Crippen LogP contribution in [0.3, 0.4) is 0 Å². The molecule has 21 heavy (non-hydrogen) atoms. The summed E-state index contributed by atoms with van der Waals surface area (Å²) in [6.07, 6.45) is 0.122. The number of primary sulfonamides is 1. The summed E-state index contributed by atoms with van der Waals surface area (Å²) in [7, 11) is -4.24. The molecular weight excluding hydrogens is 311 g/mol. The second-order valence-electron chi connectivity index (χ2n) is 4.81. The van der Waals surface area contributed by atoms with E-state index in [-0.39, 0.29) is 26.1 Å². The number of nitrogens with two attached hydrogens (primary N) is 1. The van der Waals surface area contributed by atoms with Crippen molar-refractivity contribution in [1.82, 2.24) is 0 Å². The van der Waals surface area contributed by atoms with E-state index in [2.05, 4.69) is 0 Å². The minimum Gasteiger partial charge on any atom is -0.484 e. The third-order valence-corrected chi connectivity index (χ3v) is 4.06. The van der Waals surface area contributed by atoms with E-state index >= 15 is 0 Å². The Morgan fingerprint density at radius 1 is 1.24 bits per heavy atom. The topological polar surface area (TPSA) is 78.6 Å². The van der Waals surface area contributed by atoms with Crippen molar-refractivity contribution in [3.05, 3.63) is 23.8 Å². The third-order valence-electron chi connectivity index (χ3n) is 3.16. The smallest absolute Gasteiger partial charge is 0.238 e. The quantitative estimate of drug-likeness (QED) is 0.910. The lowest BCUT2D eigenvalue weighted by Gasteiger charge is -2.29. The predicted octanol–water partition coefficient (Wildman–Crippen LogP) is 1.51. The first-order valence-corrected chi connectivity index (χ1v) is 7.67. The molecule has 0 amide bonds. The first-order chi connectivity index (χ1) is 9.71. The van der Waals surface area contributed by atoms with Crippen LogP contribution in [0.4, 0.5) is 13.2 Å². The van der Waals surface area contributed by atoms with Crippen LogP contribution in [0.15, 0.2) is 17.0 Å². The maximum Gasteiger partial charge on any atom is 0.238 e. The highest BCUT2D eigenvalue weighted by Crippen LogP contribution is 2.29. The molecule has 1 aliphatic heterocycles. The van der Waals surface area contributed by atoms with E-state index in [1.165, 1.54) is 0 Å². The first-order valence-electron chi connectivity index (χ1n) is 6.13. The van der Waals surface area contributed by atoms with Crippen LogP contribution < -0.4 is 9.88 Å². The lowest BCUT2D eigenvalue weighted by atomic mass is 9.98. The van der Waals surface area contributed by atoms with Crippen LogP contribution in [0.25, 0.3) is 0 Å². The maximum absolute atomic E-state index is 14.2. The van der Waals surface area contributed by atoms with Gasteiger partial charge in [-0.25, -0.2) is 26.7 Å². The van der Waals surface area contributed by atoms with Gasteiger partial charge in [-0.3, -0.25) is 0 Å². The maximum atomic E-state index is 14.2. The third kappa shape index (κ3) is 3.86. The second-order valence-corrected chi connectivity index (χ2v) is 6.37. The summed E-state index contributed by atoms with van der Waals surface area (Å²) in [6, 6.07) is 1.06. The van der Waals surface area contributed by atoms with Crippen LogP contribution in [0.1, 0.15) is 12.8 Å². The van der Waals surface area contributed by atoms with Crippen LogP contribution >= 0.6 is 0 Å². The summed E-state index contributed by atoms with van der Waals surface area (Å²) >= 11 is 0. The molecule has 118 valence electrons. The summed E-state index contributed by atoms with van der Waals surface area (Å²) in [6.45, 7) is -0.136. The lowest BCUT2D eigenvalue weighted by Crippen LogP contribution is -2.37. The van der Waals surface area contributed by atoms with Gasteiger partial charge in [0.2, 0.25) is 10.0 Å². The Labute approximate surface area is 119 Å². The van der Waals surface area contributed by atoms with Crippen molar-refractivity contribution < 1.29 is 31.1 Å². The van der Waals surface area contributed by atoms with Crippen molar-refractivity contribution in [2.45, 2.75) is 23.4 Å². The van der Waals surface area contributed by atoms with Crippen molar-refractivity contribution in [2.75, 3.05) is 19.8 Å². The molecule has 0 spiro atoms. The van der Waals surface area contributed by atoms with Gasteiger partial charge < -0.3 is 9.47 Å². The summed E-state index contributed by atoms with van der Waals surface area (Å²) in [5.41, 5.74) is -1.73. The molecule has 0 aromatic heterocycles. The number of rotatable bonds is 4. The number of hydrogen-bond donors (Lipinski definition) is 1. The van der Waals surface area contributed by atoms with E-state index in [4.69, 9.17) is 14.6 Å². The summed E-state index contributed by atoms with van der Waals surface area (Å²) < 4.78 is 73.5. The van der Waals surface area contributed by atoms with Gasteiger partial charge in [-0.05, 0) is 12.1 Å². The molecule has 0 bridgehead atoms. The fourth-order valence-corrected chi connectivity index (χ4v) is 2.46. The van der Waals surface area contributed by atoms with Crippen LogP contribution in [0.2, 0.25) is 0 Å². The molecule has 1 saturated heterocycles. The molecule has 0 radical (unpaired) electrons. The monoisotopic (exact) mass is 325 g/mol. The van der Waals surface area contributed by atoms with Crippen molar-refractivity contribution in [2.24, 2.45) is 5.14 Å². The van der Waals surface area contributed by atoms with Gasteiger partial charge in [0.05, 0.1) is 4.90 Å². The van der Waals surface area contributed by atoms with E-state index in [0.717, 1.165) is 0 Å². The van der Waals surface area contributed by atoms with Gasteiger partial charge in [0, 0.05) is 26.1 Å². The average Bonchev–Trinajstić information content (AvgIpc) is 2.37. The number of hydrogen-bond acceptors (Lipinski definition) is 4. The highest BCUT2D eigenvalue weighted by molar-refractivity contribution is 7.89. The van der Waals surface area contributed by atoms with Crippen molar-refractivity contribution in [3.8, 4) is 5.75 Å². The van der Waals surface area contributed by atoms with Crippen LogP contribution in [-0.2, 0) is 14.8 Å². The molecule has 0 unspecified atom stereocenters. The molecular formula is C12H14F3NO4S. The normalized spacial score (nSPS) is 18.5. The van der Waals surface area contributed by atoms with Crippen molar-refractivity contribution in [1.29, 1.82) is 0 Å². The molecule has 1 heterocycles. The minimum absolute atomic E-state index is 0.0610. The molecule has 0 atom stereocenters. The SMILES string of the molecule is NS(=O)(=O)c1cc(F)c(OCC2(F)CCOCC2)c(F)c1. The van der Waals surface area contributed by atoms with Crippen LogP contribution in [0.5, 0.6) is 5.75 Å². The first kappa shape index (κ1) is 16.1. The highest BCUT2D eigenvalue weighted by Gasteiger charge is 2.34. The van der Waals surface area contributed by atoms with Gasteiger partial charge >= 0.3 is 0 Å². The van der Waals surface area contributed by atoms with E-state index in [9.17, 15) is 21.6 Å². The van der Waals surface area contributed by atoms with Crippen molar-refractivity contribution in [3.63, 3.8) is 0 Å². The van der Waals surface area contributed by atoms with Gasteiger partial charge in [0.25, 0.3) is 0 Å². The number of benzene rings is 1. The summed E-state index contributed by atoms with van der Waals surface area (Å²) in [5.74, 6) is -3.34. The fraction of sp³-hybridized carbons (Fsp3) is 0.500. The van der Waals surface area contributed by atoms with Gasteiger partial charge in [-0.15, -0.1) is 0 Å². The molecule has 1 aliphatic rings. The second kappa shape index (κ2) is 5.82. The highest BCUT2D eigenvalue weighted by atomic mass is 32.2. The molecule has 1 fully saturated rings. The fourth-order valence-electron chi connectivity index (χ4n) is 1.92. The lowest BCUT2D eigenvalue weighted by molar-refractivity contribution is -0.0335. The van der Waals surface area contributed by atoms with Gasteiger partial charge in [-0.2, -0.15) is 0 Å². The average molecular weight is 325 g/mol. The summed E-state index contributed by atoms with van der Waals surface area (Å²) in [4.78, 5) is -0.717. The molecule has 5 nitrogen and oxygen atoms in total. The van der Waals surface area contributed by atoms with E-state index < -0.39 is 44.6 Å². The zero-order chi connectivity index (χ0) is 15.7. The van der Waals surface area contributed by atoms with E-state index in [1.54, 1.807) is 0 Å². The largest absolute Gasteiger partial charge is 0.484 e. The van der Waals surface area contributed by atoms with Gasteiger partial charge in [0.15, 0.2) is 17.4 Å². The van der Waals surface area contributed by atoms with Gasteiger partial charge in [0.1, 0.15) is 12.3 Å². The van der Waals surface area contributed by atoms with Crippen LogP contribution in [0, 0.1) is 11.6 Å². The summed E-state index contributed by atoms with van der Waals surface area (Å²) in [5, 5.41) is 4.78. The standard InChI is InChI=1S/C12H14F3NO4S/c13-9-5-8(21(16,17)18)6-10(14)11(9)20-7-12(15)1-3-19-4-2-12/h5-6H,1-4,7H2,(H2,16,17,18). The molecule has 2 rings (SSSR count). The minimum atomic E-state index is -4.24. The molecule has 1 aromatic rings. The number of sulfonamides is 1. The molecule has 1 aromatic carbocycles. The Bertz CT molecular complexity index is 606. The molecule has 2 N–H and O–H groups in total. The van der Waals surface area contributed by atoms with Crippen molar-refractivity contribution >= 4 is 10.0 Å². The van der Waals surface area contributed by atoms with Gasteiger partial charge in [-0.1, -0.05) is 0 Å². The Balaban J connectivity index is 2.17. The zero-order valence-corrected chi connectivity index (χ0v) is 11.8. The Kier molecular flexibility index (Phi) is 4.45. The number of halogens is 3. The van der Waals surface area contributed by atoms with Crippen LogP contribution in [-0.4, -0.2) is 33.9 Å². The number of ether oxygens (including phenoxy) is 2. The molecule has 0 saturated carbocycles.